The van der Waals surface area contributed by atoms with Crippen LogP contribution in [0.25, 0.3) is 0 Å². The summed E-state index contributed by atoms with van der Waals surface area (Å²) >= 11 is 0. The van der Waals surface area contributed by atoms with Gasteiger partial charge in [0.2, 0.25) is 5.91 Å². The second-order valence-electron chi connectivity index (χ2n) is 5.94. The molecule has 1 amide bonds. The number of carbonyl (C=O) groups excluding carboxylic acids is 1. The third kappa shape index (κ3) is 5.59. The van der Waals surface area contributed by atoms with Crippen LogP contribution < -0.4 is 5.73 Å². The van der Waals surface area contributed by atoms with E-state index in [2.05, 4.69) is 13.8 Å². The number of amides is 1. The minimum Gasteiger partial charge on any atom is -0.481 e. The Balaban J connectivity index is 2.32. The molecule has 0 aliphatic carbocycles. The van der Waals surface area contributed by atoms with Crippen LogP contribution in [0.15, 0.2) is 0 Å². The molecule has 0 aromatic carbocycles. The van der Waals surface area contributed by atoms with Crippen molar-refractivity contribution in [3.63, 3.8) is 0 Å². The van der Waals surface area contributed by atoms with Crippen LogP contribution in [0.1, 0.15) is 46.0 Å². The number of carbonyl (C=O) groups is 2. The molecule has 5 nitrogen and oxygen atoms in total. The van der Waals surface area contributed by atoms with Gasteiger partial charge in [-0.3, -0.25) is 9.59 Å². The number of piperidine rings is 1. The van der Waals surface area contributed by atoms with Crippen molar-refractivity contribution in [3.05, 3.63) is 0 Å². The Morgan fingerprint density at radius 1 is 1.32 bits per heavy atom. The molecule has 0 radical (unpaired) electrons. The average molecular weight is 270 g/mol. The first-order valence-electron chi connectivity index (χ1n) is 7.16. The number of rotatable bonds is 6. The molecule has 0 spiro atoms. The first kappa shape index (κ1) is 16.0. The molecule has 1 fully saturated rings. The third-order valence-corrected chi connectivity index (χ3v) is 3.74. The smallest absolute Gasteiger partial charge is 0.303 e. The minimum absolute atomic E-state index is 0.0467. The molecule has 110 valence electrons. The largest absolute Gasteiger partial charge is 0.481 e. The Hall–Kier alpha value is -1.10. The van der Waals surface area contributed by atoms with Crippen molar-refractivity contribution in [2.24, 2.45) is 17.6 Å². The van der Waals surface area contributed by atoms with E-state index in [0.717, 1.165) is 38.8 Å². The number of nitrogens with zero attached hydrogens (tertiary/aromatic N) is 1. The molecule has 1 aliphatic rings. The molecule has 1 aliphatic heterocycles. The Kier molecular flexibility index (Phi) is 6.28. The standard InChI is InChI=1S/C14H26N2O3/c1-10(2)9-12(15)14(19)16-7-5-11(6-8-16)3-4-13(17)18/h10-12H,3-9,15H2,1-2H3,(H,17,18)/t12-/m1/s1. The molecule has 0 aromatic heterocycles. The highest BCUT2D eigenvalue weighted by atomic mass is 16.4. The van der Waals surface area contributed by atoms with Crippen LogP contribution >= 0.6 is 0 Å². The molecule has 5 heteroatoms. The predicted octanol–water partition coefficient (Wildman–Crippen LogP) is 1.46. The maximum absolute atomic E-state index is 12.1. The normalized spacial score (nSPS) is 18.6. The van der Waals surface area contributed by atoms with Crippen molar-refractivity contribution in [1.82, 2.24) is 4.90 Å². The fourth-order valence-corrected chi connectivity index (χ4v) is 2.61. The average Bonchev–Trinajstić information content (AvgIpc) is 2.35. The molecule has 1 saturated heterocycles. The van der Waals surface area contributed by atoms with Gasteiger partial charge in [0.25, 0.3) is 0 Å². The summed E-state index contributed by atoms with van der Waals surface area (Å²) in [4.78, 5) is 24.5. The van der Waals surface area contributed by atoms with Gasteiger partial charge < -0.3 is 15.7 Å². The summed E-state index contributed by atoms with van der Waals surface area (Å²) in [5.41, 5.74) is 5.91. The first-order chi connectivity index (χ1) is 8.90. The molecule has 0 bridgehead atoms. The predicted molar refractivity (Wildman–Crippen MR) is 73.6 cm³/mol. The summed E-state index contributed by atoms with van der Waals surface area (Å²) in [5, 5.41) is 8.66. The maximum atomic E-state index is 12.1. The molecular weight excluding hydrogens is 244 g/mol. The van der Waals surface area contributed by atoms with Gasteiger partial charge in [0.15, 0.2) is 0 Å². The Morgan fingerprint density at radius 2 is 1.89 bits per heavy atom. The fourth-order valence-electron chi connectivity index (χ4n) is 2.61. The van der Waals surface area contributed by atoms with E-state index in [4.69, 9.17) is 10.8 Å². The van der Waals surface area contributed by atoms with Crippen molar-refractivity contribution in [3.8, 4) is 0 Å². The number of likely N-dealkylation sites (tertiary alicyclic amines) is 1. The lowest BCUT2D eigenvalue weighted by Crippen LogP contribution is -2.47. The second-order valence-corrected chi connectivity index (χ2v) is 5.94. The lowest BCUT2D eigenvalue weighted by Gasteiger charge is -2.33. The number of carboxylic acids is 1. The van der Waals surface area contributed by atoms with E-state index in [9.17, 15) is 9.59 Å². The van der Waals surface area contributed by atoms with Crippen molar-refractivity contribution >= 4 is 11.9 Å². The van der Waals surface area contributed by atoms with E-state index in [1.165, 1.54) is 0 Å². The zero-order chi connectivity index (χ0) is 14.4. The minimum atomic E-state index is -0.738. The van der Waals surface area contributed by atoms with Gasteiger partial charge in [-0.15, -0.1) is 0 Å². The van der Waals surface area contributed by atoms with Gasteiger partial charge in [-0.1, -0.05) is 13.8 Å². The van der Waals surface area contributed by atoms with Crippen molar-refractivity contribution < 1.29 is 14.7 Å². The summed E-state index contributed by atoms with van der Waals surface area (Å²) in [6, 6.07) is -0.393. The van der Waals surface area contributed by atoms with Gasteiger partial charge in [0.05, 0.1) is 6.04 Å². The van der Waals surface area contributed by atoms with Crippen molar-refractivity contribution in [2.45, 2.75) is 52.0 Å². The SMILES string of the molecule is CC(C)C[C@@H](N)C(=O)N1CCC(CCC(=O)O)CC1. The molecule has 1 heterocycles. The van der Waals surface area contributed by atoms with Crippen LogP contribution in [0.5, 0.6) is 0 Å². The van der Waals surface area contributed by atoms with Gasteiger partial charge in [-0.05, 0) is 37.5 Å². The van der Waals surface area contributed by atoms with Crippen LogP contribution in [0, 0.1) is 11.8 Å². The third-order valence-electron chi connectivity index (χ3n) is 3.74. The molecule has 1 rings (SSSR count). The Morgan fingerprint density at radius 3 is 2.37 bits per heavy atom. The number of hydrogen-bond acceptors (Lipinski definition) is 3. The quantitative estimate of drug-likeness (QED) is 0.765. The maximum Gasteiger partial charge on any atom is 0.303 e. The summed E-state index contributed by atoms with van der Waals surface area (Å²) in [5.74, 6) is 0.163. The second kappa shape index (κ2) is 7.48. The van der Waals surface area contributed by atoms with Crippen molar-refractivity contribution in [2.75, 3.05) is 13.1 Å². The van der Waals surface area contributed by atoms with Gasteiger partial charge in [0, 0.05) is 19.5 Å². The zero-order valence-electron chi connectivity index (χ0n) is 12.0. The molecule has 0 saturated carbocycles. The van der Waals surface area contributed by atoms with E-state index in [1.807, 2.05) is 4.90 Å². The summed E-state index contributed by atoms with van der Waals surface area (Å²) in [6.45, 7) is 5.56. The molecule has 0 unspecified atom stereocenters. The van der Waals surface area contributed by atoms with E-state index < -0.39 is 12.0 Å². The highest BCUT2D eigenvalue weighted by molar-refractivity contribution is 5.81. The zero-order valence-corrected chi connectivity index (χ0v) is 12.0. The summed E-state index contributed by atoms with van der Waals surface area (Å²) in [6.07, 6.45) is 3.46. The van der Waals surface area contributed by atoms with Crippen LogP contribution in [0.4, 0.5) is 0 Å². The monoisotopic (exact) mass is 270 g/mol. The van der Waals surface area contributed by atoms with Crippen LogP contribution in [0.2, 0.25) is 0 Å². The molecule has 1 atom stereocenters. The number of carboxylic acid groups (broad SMARTS) is 1. The topological polar surface area (TPSA) is 83.6 Å². The summed E-state index contributed by atoms with van der Waals surface area (Å²) < 4.78 is 0. The van der Waals surface area contributed by atoms with Gasteiger partial charge in [0.1, 0.15) is 0 Å². The summed E-state index contributed by atoms with van der Waals surface area (Å²) in [7, 11) is 0. The lowest BCUT2D eigenvalue weighted by molar-refractivity contribution is -0.138. The van der Waals surface area contributed by atoms with E-state index in [0.29, 0.717) is 11.8 Å². The van der Waals surface area contributed by atoms with Gasteiger partial charge >= 0.3 is 5.97 Å². The van der Waals surface area contributed by atoms with Gasteiger partial charge in [-0.2, -0.15) is 0 Å². The molecule has 0 aromatic rings. The molecular formula is C14H26N2O3. The Bertz CT molecular complexity index is 310. The highest BCUT2D eigenvalue weighted by Crippen LogP contribution is 2.22. The van der Waals surface area contributed by atoms with Crippen molar-refractivity contribution in [1.29, 1.82) is 0 Å². The van der Waals surface area contributed by atoms with E-state index >= 15 is 0 Å². The van der Waals surface area contributed by atoms with Crippen LogP contribution in [0.3, 0.4) is 0 Å². The highest BCUT2D eigenvalue weighted by Gasteiger charge is 2.26. The molecule has 3 N–H and O–H groups in total. The number of hydrogen-bond donors (Lipinski definition) is 2. The Labute approximate surface area is 115 Å². The van der Waals surface area contributed by atoms with Crippen LogP contribution in [-0.2, 0) is 9.59 Å². The van der Waals surface area contributed by atoms with E-state index in [-0.39, 0.29) is 12.3 Å². The number of nitrogens with two attached hydrogens (primary N) is 1. The fraction of sp³-hybridized carbons (Fsp3) is 0.857. The molecule has 19 heavy (non-hydrogen) atoms. The number of aliphatic carboxylic acids is 1. The first-order valence-corrected chi connectivity index (χ1v) is 7.16. The lowest BCUT2D eigenvalue weighted by atomic mass is 9.91. The van der Waals surface area contributed by atoms with Crippen LogP contribution in [-0.4, -0.2) is 41.0 Å². The van der Waals surface area contributed by atoms with Gasteiger partial charge in [-0.25, -0.2) is 0 Å². The van der Waals surface area contributed by atoms with E-state index in [1.54, 1.807) is 0 Å².